The van der Waals surface area contributed by atoms with Gasteiger partial charge in [0, 0.05) is 19.0 Å². The minimum Gasteiger partial charge on any atom is -0.485 e. The molecule has 1 amide bonds. The molecule has 3 aromatic carbocycles. The molecule has 3 aromatic rings. The summed E-state index contributed by atoms with van der Waals surface area (Å²) in [5, 5.41) is 0. The van der Waals surface area contributed by atoms with Crippen molar-refractivity contribution in [2.45, 2.75) is 24.5 Å². The van der Waals surface area contributed by atoms with Crippen molar-refractivity contribution in [3.63, 3.8) is 0 Å². The topological polar surface area (TPSA) is 67.9 Å². The van der Waals surface area contributed by atoms with E-state index in [2.05, 4.69) is 24.3 Å². The number of aliphatic imine (C=N–C) groups is 1. The number of carbonyl (C=O) groups excluding carboxylic acids is 1. The molecule has 0 fully saturated rings. The first-order chi connectivity index (χ1) is 14.6. The van der Waals surface area contributed by atoms with Crippen LogP contribution >= 0.6 is 0 Å². The van der Waals surface area contributed by atoms with Crippen molar-refractivity contribution in [1.29, 1.82) is 0 Å². The normalized spacial score (nSPS) is 23.0. The number of ether oxygens (including phenoxy) is 1. The maximum Gasteiger partial charge on any atom is 0.231 e. The lowest BCUT2D eigenvalue weighted by Crippen LogP contribution is -2.50. The number of guanidine groups is 1. The number of hydrogen-bond donors (Lipinski definition) is 1. The van der Waals surface area contributed by atoms with Crippen molar-refractivity contribution in [2.24, 2.45) is 10.7 Å². The van der Waals surface area contributed by atoms with Gasteiger partial charge in [0.2, 0.25) is 5.91 Å². The number of nitrogens with two attached hydrogens (primary N) is 1. The van der Waals surface area contributed by atoms with Crippen molar-refractivity contribution < 1.29 is 9.53 Å². The average Bonchev–Trinajstić information content (AvgIpc) is 2.78. The Labute approximate surface area is 175 Å². The maximum absolute atomic E-state index is 12.8. The van der Waals surface area contributed by atoms with Gasteiger partial charge < -0.3 is 10.5 Å². The Morgan fingerprint density at radius 1 is 1.00 bits per heavy atom. The lowest BCUT2D eigenvalue weighted by atomic mass is 9.76. The van der Waals surface area contributed by atoms with Gasteiger partial charge in [0.15, 0.2) is 5.96 Å². The van der Waals surface area contributed by atoms with Gasteiger partial charge in [0.25, 0.3) is 0 Å². The zero-order valence-corrected chi connectivity index (χ0v) is 16.8. The highest BCUT2D eigenvalue weighted by Gasteiger charge is 2.47. The number of amides is 1. The highest BCUT2D eigenvalue weighted by molar-refractivity contribution is 5.99. The van der Waals surface area contributed by atoms with Crippen molar-refractivity contribution in [3.8, 4) is 16.9 Å². The lowest BCUT2D eigenvalue weighted by molar-refractivity contribution is -0.129. The van der Waals surface area contributed by atoms with Crippen LogP contribution in [0.15, 0.2) is 83.9 Å². The van der Waals surface area contributed by atoms with E-state index in [1.54, 1.807) is 7.05 Å². The molecule has 2 aliphatic rings. The van der Waals surface area contributed by atoms with Crippen LogP contribution in [0.4, 0.5) is 0 Å². The first kappa shape index (κ1) is 18.4. The molecule has 2 aliphatic heterocycles. The molecule has 5 nitrogen and oxygen atoms in total. The van der Waals surface area contributed by atoms with Crippen LogP contribution in [-0.4, -0.2) is 23.8 Å². The van der Waals surface area contributed by atoms with Crippen LogP contribution in [0.5, 0.6) is 5.75 Å². The monoisotopic (exact) mass is 397 g/mol. The summed E-state index contributed by atoms with van der Waals surface area (Å²) >= 11 is 0. The quantitative estimate of drug-likeness (QED) is 0.703. The molecule has 0 aliphatic carbocycles. The molecule has 1 spiro atoms. The molecule has 2 atom stereocenters. The maximum atomic E-state index is 12.8. The van der Waals surface area contributed by atoms with Crippen LogP contribution in [-0.2, 0) is 10.3 Å². The number of nitrogens with zero attached hydrogens (tertiary/aromatic N) is 2. The fourth-order valence-electron chi connectivity index (χ4n) is 4.38. The Bertz CT molecular complexity index is 1130. The molecule has 150 valence electrons. The van der Waals surface area contributed by atoms with E-state index < -0.39 is 5.54 Å². The largest absolute Gasteiger partial charge is 0.485 e. The third-order valence-corrected chi connectivity index (χ3v) is 6.04. The van der Waals surface area contributed by atoms with Gasteiger partial charge >= 0.3 is 0 Å². The second-order valence-electron chi connectivity index (χ2n) is 7.93. The van der Waals surface area contributed by atoms with Crippen molar-refractivity contribution in [3.05, 3.63) is 90.0 Å². The number of benzene rings is 3. The smallest absolute Gasteiger partial charge is 0.231 e. The first-order valence-electron chi connectivity index (χ1n) is 10.1. The van der Waals surface area contributed by atoms with Gasteiger partial charge in [-0.15, -0.1) is 0 Å². The van der Waals surface area contributed by atoms with Crippen molar-refractivity contribution in [1.82, 2.24) is 4.90 Å². The third-order valence-electron chi connectivity index (χ3n) is 6.04. The van der Waals surface area contributed by atoms with Gasteiger partial charge in [-0.05, 0) is 28.8 Å². The van der Waals surface area contributed by atoms with Gasteiger partial charge in [0.1, 0.15) is 17.4 Å². The number of carbonyl (C=O) groups is 1. The van der Waals surface area contributed by atoms with Crippen molar-refractivity contribution >= 4 is 11.9 Å². The predicted octanol–water partition coefficient (Wildman–Crippen LogP) is 4.25. The summed E-state index contributed by atoms with van der Waals surface area (Å²) in [6, 6.07) is 26.4. The second-order valence-corrected chi connectivity index (χ2v) is 7.93. The molecule has 0 bridgehead atoms. The van der Waals surface area contributed by atoms with Gasteiger partial charge in [-0.1, -0.05) is 66.7 Å². The minimum atomic E-state index is -0.743. The van der Waals surface area contributed by atoms with Gasteiger partial charge in [-0.3, -0.25) is 9.69 Å². The standard InChI is InChI=1S/C25H23N3O2/c1-28-23(29)16-25(27-24(28)26)15-22(18-10-6-3-7-11-18)30-21-13-12-19(14-20(21)25)17-8-4-2-5-9-17/h2-14,22H,15-16H2,1H3,(H2,26,27). The molecule has 0 saturated carbocycles. The summed E-state index contributed by atoms with van der Waals surface area (Å²) in [5.41, 5.74) is 9.59. The Kier molecular flexibility index (Phi) is 4.31. The minimum absolute atomic E-state index is 0.0349. The molecule has 0 saturated heterocycles. The molecule has 30 heavy (non-hydrogen) atoms. The lowest BCUT2D eigenvalue weighted by Gasteiger charge is -2.43. The van der Waals surface area contributed by atoms with E-state index >= 15 is 0 Å². The van der Waals surface area contributed by atoms with Crippen LogP contribution in [0.2, 0.25) is 0 Å². The van der Waals surface area contributed by atoms with E-state index in [9.17, 15) is 4.79 Å². The summed E-state index contributed by atoms with van der Waals surface area (Å²) in [4.78, 5) is 19.1. The van der Waals surface area contributed by atoms with E-state index in [0.29, 0.717) is 6.42 Å². The highest BCUT2D eigenvalue weighted by atomic mass is 16.5. The summed E-state index contributed by atoms with van der Waals surface area (Å²) in [5.74, 6) is 0.965. The highest BCUT2D eigenvalue weighted by Crippen LogP contribution is 2.51. The summed E-state index contributed by atoms with van der Waals surface area (Å²) in [7, 11) is 1.67. The fraction of sp³-hybridized carbons (Fsp3) is 0.200. The Balaban J connectivity index is 1.67. The SMILES string of the molecule is CN1C(=O)CC2(CC(c3ccccc3)Oc3ccc(-c4ccccc4)cc32)N=C1N. The van der Waals surface area contributed by atoms with E-state index in [1.165, 1.54) is 4.90 Å². The van der Waals surface area contributed by atoms with E-state index in [0.717, 1.165) is 28.0 Å². The van der Waals surface area contributed by atoms with Gasteiger partial charge in [-0.25, -0.2) is 4.99 Å². The van der Waals surface area contributed by atoms with Gasteiger partial charge in [0.05, 0.1) is 6.42 Å². The second kappa shape index (κ2) is 7.02. The van der Waals surface area contributed by atoms with Crippen LogP contribution < -0.4 is 10.5 Å². The molecule has 5 rings (SSSR count). The molecular weight excluding hydrogens is 374 g/mol. The van der Waals surface area contributed by atoms with Crippen LogP contribution in [0, 0.1) is 0 Å². The Hall–Kier alpha value is -3.60. The Morgan fingerprint density at radius 3 is 2.40 bits per heavy atom. The van der Waals surface area contributed by atoms with E-state index in [4.69, 9.17) is 15.5 Å². The fourth-order valence-corrected chi connectivity index (χ4v) is 4.38. The van der Waals surface area contributed by atoms with Crippen molar-refractivity contribution in [2.75, 3.05) is 7.05 Å². The summed E-state index contributed by atoms with van der Waals surface area (Å²) < 4.78 is 6.40. The first-order valence-corrected chi connectivity index (χ1v) is 10.1. The molecule has 2 heterocycles. The summed E-state index contributed by atoms with van der Waals surface area (Å²) in [6.45, 7) is 0. The van der Waals surface area contributed by atoms with Gasteiger partial charge in [-0.2, -0.15) is 0 Å². The Morgan fingerprint density at radius 2 is 1.70 bits per heavy atom. The average molecular weight is 397 g/mol. The molecule has 0 aromatic heterocycles. The molecule has 5 heteroatoms. The number of fused-ring (bicyclic) bond motifs is 2. The number of hydrogen-bond acceptors (Lipinski definition) is 4. The van der Waals surface area contributed by atoms with Crippen LogP contribution in [0.3, 0.4) is 0 Å². The number of rotatable bonds is 2. The zero-order valence-electron chi connectivity index (χ0n) is 16.8. The van der Waals surface area contributed by atoms with Crippen LogP contribution in [0.25, 0.3) is 11.1 Å². The van der Waals surface area contributed by atoms with E-state index in [1.807, 2.05) is 54.6 Å². The molecule has 2 N–H and O–H groups in total. The zero-order chi connectivity index (χ0) is 20.7. The molecule has 0 radical (unpaired) electrons. The molecular formula is C25H23N3O2. The van der Waals surface area contributed by atoms with E-state index in [-0.39, 0.29) is 24.4 Å². The third kappa shape index (κ3) is 3.03. The predicted molar refractivity (Wildman–Crippen MR) is 117 cm³/mol. The summed E-state index contributed by atoms with van der Waals surface area (Å²) in [6.07, 6.45) is 0.624. The molecule has 2 unspecified atom stereocenters. The van der Waals surface area contributed by atoms with Crippen LogP contribution in [0.1, 0.15) is 30.1 Å².